The van der Waals surface area contributed by atoms with Crippen LogP contribution in [0.4, 0.5) is 0 Å². The largest absolute Gasteiger partial charge is 0.349 e. The number of amides is 1. The van der Waals surface area contributed by atoms with Crippen LogP contribution in [0.5, 0.6) is 0 Å². The molecule has 1 aliphatic heterocycles. The maximum Gasteiger partial charge on any atom is 0.252 e. The van der Waals surface area contributed by atoms with Crippen LogP contribution < -0.4 is 5.32 Å². The Balaban J connectivity index is 1.63. The number of thioether (sulfide) groups is 1. The lowest BCUT2D eigenvalue weighted by molar-refractivity contribution is 0.0914. The molecule has 0 saturated carbocycles. The molecular weight excluding hydrogens is 324 g/mol. The summed E-state index contributed by atoms with van der Waals surface area (Å²) in [7, 11) is 2.13. The molecule has 2 aromatic rings. The number of rotatable bonds is 5. The van der Waals surface area contributed by atoms with Gasteiger partial charge in [0.15, 0.2) is 0 Å². The highest BCUT2D eigenvalue weighted by Gasteiger charge is 2.20. The maximum atomic E-state index is 12.6. The molecule has 1 N–H and O–H groups in total. The van der Waals surface area contributed by atoms with Gasteiger partial charge in [-0.2, -0.15) is 0 Å². The van der Waals surface area contributed by atoms with Crippen LogP contribution in [-0.2, 0) is 5.75 Å². The second-order valence-corrected chi connectivity index (χ2v) is 7.96. The fraction of sp³-hybridized carbons (Fsp3) is 0.389. The zero-order valence-electron chi connectivity index (χ0n) is 13.3. The molecule has 1 aromatic heterocycles. The molecule has 0 aliphatic carbocycles. The summed E-state index contributed by atoms with van der Waals surface area (Å²) >= 11 is 3.50. The fourth-order valence-electron chi connectivity index (χ4n) is 2.74. The van der Waals surface area contributed by atoms with Gasteiger partial charge in [0.05, 0.1) is 5.56 Å². The van der Waals surface area contributed by atoms with E-state index in [0.29, 0.717) is 6.04 Å². The molecule has 1 aromatic carbocycles. The Hall–Kier alpha value is -1.30. The van der Waals surface area contributed by atoms with Gasteiger partial charge in [0.25, 0.3) is 5.91 Å². The van der Waals surface area contributed by atoms with Crippen molar-refractivity contribution >= 4 is 29.0 Å². The molecule has 0 unspecified atom stereocenters. The second-order valence-electron chi connectivity index (χ2n) is 5.92. The second kappa shape index (κ2) is 7.99. The van der Waals surface area contributed by atoms with Crippen molar-refractivity contribution in [3.8, 4) is 0 Å². The lowest BCUT2D eigenvalue weighted by Gasteiger charge is -2.29. The molecule has 2 heterocycles. The number of likely N-dealkylation sites (tertiary alicyclic amines) is 1. The first kappa shape index (κ1) is 16.6. The van der Waals surface area contributed by atoms with Crippen LogP contribution in [0, 0.1) is 0 Å². The van der Waals surface area contributed by atoms with E-state index in [1.807, 2.05) is 24.3 Å². The minimum absolute atomic E-state index is 0.0637. The van der Waals surface area contributed by atoms with E-state index in [0.717, 1.165) is 42.1 Å². The predicted molar refractivity (Wildman–Crippen MR) is 98.3 cm³/mol. The number of carbonyl (C=O) groups is 1. The van der Waals surface area contributed by atoms with Crippen molar-refractivity contribution in [1.82, 2.24) is 10.2 Å². The average Bonchev–Trinajstić information content (AvgIpc) is 3.09. The van der Waals surface area contributed by atoms with E-state index in [1.165, 1.54) is 4.88 Å². The van der Waals surface area contributed by atoms with Crippen molar-refractivity contribution in [2.45, 2.75) is 29.5 Å². The zero-order chi connectivity index (χ0) is 16.1. The molecule has 0 atom stereocenters. The Bertz CT molecular complexity index is 634. The molecule has 1 saturated heterocycles. The molecule has 5 heteroatoms. The third kappa shape index (κ3) is 4.59. The molecule has 0 bridgehead atoms. The van der Waals surface area contributed by atoms with Gasteiger partial charge >= 0.3 is 0 Å². The Kier molecular flexibility index (Phi) is 5.75. The quantitative estimate of drug-likeness (QED) is 0.834. The normalized spacial score (nSPS) is 16.4. The van der Waals surface area contributed by atoms with Crippen LogP contribution in [0.1, 0.15) is 28.1 Å². The van der Waals surface area contributed by atoms with Crippen LogP contribution in [0.25, 0.3) is 0 Å². The Labute approximate surface area is 146 Å². The molecule has 3 nitrogen and oxygen atoms in total. The van der Waals surface area contributed by atoms with E-state index in [9.17, 15) is 4.79 Å². The van der Waals surface area contributed by atoms with Gasteiger partial charge in [-0.1, -0.05) is 18.2 Å². The fourth-order valence-corrected chi connectivity index (χ4v) is 4.56. The van der Waals surface area contributed by atoms with Crippen LogP contribution >= 0.6 is 23.1 Å². The monoisotopic (exact) mass is 346 g/mol. The first-order chi connectivity index (χ1) is 11.2. The van der Waals surface area contributed by atoms with Gasteiger partial charge in [0.2, 0.25) is 0 Å². The summed E-state index contributed by atoms with van der Waals surface area (Å²) < 4.78 is 0. The third-order valence-electron chi connectivity index (χ3n) is 4.14. The molecule has 122 valence electrons. The minimum atomic E-state index is 0.0637. The zero-order valence-corrected chi connectivity index (χ0v) is 15.0. The highest BCUT2D eigenvalue weighted by Crippen LogP contribution is 2.28. The summed E-state index contributed by atoms with van der Waals surface area (Å²) in [5, 5.41) is 5.30. The van der Waals surface area contributed by atoms with E-state index in [2.05, 4.69) is 34.8 Å². The van der Waals surface area contributed by atoms with Crippen molar-refractivity contribution in [3.63, 3.8) is 0 Å². The van der Waals surface area contributed by atoms with Crippen LogP contribution in [0.15, 0.2) is 46.7 Å². The highest BCUT2D eigenvalue weighted by atomic mass is 32.2. The van der Waals surface area contributed by atoms with E-state index in [1.54, 1.807) is 23.1 Å². The summed E-state index contributed by atoms with van der Waals surface area (Å²) in [5.41, 5.74) is 0.799. The Morgan fingerprint density at radius 1 is 1.26 bits per heavy atom. The Morgan fingerprint density at radius 3 is 2.78 bits per heavy atom. The maximum absolute atomic E-state index is 12.6. The van der Waals surface area contributed by atoms with Crippen molar-refractivity contribution in [2.75, 3.05) is 20.1 Å². The van der Waals surface area contributed by atoms with Gasteiger partial charge in [-0.3, -0.25) is 4.79 Å². The number of carbonyl (C=O) groups excluding carboxylic acids is 1. The van der Waals surface area contributed by atoms with Gasteiger partial charge in [-0.05, 0) is 56.6 Å². The first-order valence-electron chi connectivity index (χ1n) is 7.96. The van der Waals surface area contributed by atoms with Gasteiger partial charge < -0.3 is 10.2 Å². The average molecular weight is 347 g/mol. The van der Waals surface area contributed by atoms with E-state index in [-0.39, 0.29) is 5.91 Å². The molecule has 23 heavy (non-hydrogen) atoms. The minimum Gasteiger partial charge on any atom is -0.349 e. The Morgan fingerprint density at radius 2 is 2.04 bits per heavy atom. The number of hydrogen-bond acceptors (Lipinski definition) is 4. The van der Waals surface area contributed by atoms with E-state index < -0.39 is 0 Å². The summed E-state index contributed by atoms with van der Waals surface area (Å²) in [6, 6.07) is 12.4. The SMILES string of the molecule is CN1CCC(NC(=O)c2ccccc2SCc2cccs2)CC1. The van der Waals surface area contributed by atoms with Crippen molar-refractivity contribution in [2.24, 2.45) is 0 Å². The van der Waals surface area contributed by atoms with Gasteiger partial charge in [-0.25, -0.2) is 0 Å². The van der Waals surface area contributed by atoms with Crippen molar-refractivity contribution < 1.29 is 4.79 Å². The highest BCUT2D eigenvalue weighted by molar-refractivity contribution is 7.98. The number of piperidine rings is 1. The summed E-state index contributed by atoms with van der Waals surface area (Å²) in [6.07, 6.45) is 2.07. The summed E-state index contributed by atoms with van der Waals surface area (Å²) in [4.78, 5) is 17.3. The molecule has 0 radical (unpaired) electrons. The summed E-state index contributed by atoms with van der Waals surface area (Å²) in [6.45, 7) is 2.11. The van der Waals surface area contributed by atoms with E-state index >= 15 is 0 Å². The van der Waals surface area contributed by atoms with Crippen LogP contribution in [-0.4, -0.2) is 37.0 Å². The molecule has 1 aliphatic rings. The van der Waals surface area contributed by atoms with Gasteiger partial charge in [-0.15, -0.1) is 23.1 Å². The number of nitrogens with zero attached hydrogens (tertiary/aromatic N) is 1. The number of nitrogens with one attached hydrogen (secondary N) is 1. The summed E-state index contributed by atoms with van der Waals surface area (Å²) in [5.74, 6) is 0.977. The number of benzene rings is 1. The smallest absolute Gasteiger partial charge is 0.252 e. The standard InChI is InChI=1S/C18H22N2OS2/c1-20-10-8-14(9-11-20)19-18(21)16-6-2-3-7-17(16)23-13-15-5-4-12-22-15/h2-7,12,14H,8-11,13H2,1H3,(H,19,21). The van der Waals surface area contributed by atoms with Crippen LogP contribution in [0.3, 0.4) is 0 Å². The third-order valence-corrected chi connectivity index (χ3v) is 6.32. The van der Waals surface area contributed by atoms with Gasteiger partial charge in [0.1, 0.15) is 0 Å². The molecule has 3 rings (SSSR count). The predicted octanol–water partition coefficient (Wildman–Crippen LogP) is 3.86. The van der Waals surface area contributed by atoms with Crippen LogP contribution in [0.2, 0.25) is 0 Å². The molecular formula is C18H22N2OS2. The molecule has 1 fully saturated rings. The topological polar surface area (TPSA) is 32.3 Å². The van der Waals surface area contributed by atoms with Crippen molar-refractivity contribution in [1.29, 1.82) is 0 Å². The van der Waals surface area contributed by atoms with Crippen molar-refractivity contribution in [3.05, 3.63) is 52.2 Å². The number of hydrogen-bond donors (Lipinski definition) is 1. The van der Waals surface area contributed by atoms with Gasteiger partial charge in [0, 0.05) is 21.6 Å². The lowest BCUT2D eigenvalue weighted by atomic mass is 10.0. The lowest BCUT2D eigenvalue weighted by Crippen LogP contribution is -2.43. The molecule has 1 amide bonds. The first-order valence-corrected chi connectivity index (χ1v) is 9.82. The van der Waals surface area contributed by atoms with E-state index in [4.69, 9.17) is 0 Å². The number of thiophene rings is 1. The molecule has 0 spiro atoms.